The molecule has 2 heterocycles. The van der Waals surface area contributed by atoms with Gasteiger partial charge in [0.1, 0.15) is 6.34 Å². The van der Waals surface area contributed by atoms with Gasteiger partial charge < -0.3 is 5.73 Å². The van der Waals surface area contributed by atoms with Crippen LogP contribution >= 0.6 is 11.3 Å². The van der Waals surface area contributed by atoms with Crippen LogP contribution in [-0.2, 0) is 0 Å². The number of aromatic nitrogens is 1. The third-order valence-corrected chi connectivity index (χ3v) is 13.2. The molecule has 3 nitrogen and oxygen atoms in total. The molecular formula is C54H35N3S. The van der Waals surface area contributed by atoms with Crippen LogP contribution in [0.1, 0.15) is 5.56 Å². The fraction of sp³-hybridized carbons (Fsp3) is 0.0185. The largest absolute Gasteiger partial charge is 0.321 e. The molecule has 0 fully saturated rings. The number of rotatable bonds is 4. The number of thiophene rings is 1. The highest BCUT2D eigenvalue weighted by molar-refractivity contribution is 7.25. The van der Waals surface area contributed by atoms with Gasteiger partial charge in [0.2, 0.25) is 0 Å². The third kappa shape index (κ3) is 4.99. The summed E-state index contributed by atoms with van der Waals surface area (Å²) in [5, 5.41) is 14.8. The van der Waals surface area contributed by atoms with Gasteiger partial charge in [-0.3, -0.25) is 4.57 Å². The van der Waals surface area contributed by atoms with Crippen LogP contribution in [-0.4, -0.2) is 16.9 Å². The second-order valence-corrected chi connectivity index (χ2v) is 16.3. The van der Waals surface area contributed by atoms with Gasteiger partial charge in [-0.2, -0.15) is 0 Å². The van der Waals surface area contributed by atoms with Crippen LogP contribution in [0.2, 0.25) is 0 Å². The molecule has 1 atom stereocenters. The highest BCUT2D eigenvalue weighted by Crippen LogP contribution is 2.47. The minimum absolute atomic E-state index is 0.272. The van der Waals surface area contributed by atoms with Crippen molar-refractivity contribution in [1.82, 2.24) is 4.57 Å². The van der Waals surface area contributed by atoms with Crippen LogP contribution < -0.4 is 5.73 Å². The summed E-state index contributed by atoms with van der Waals surface area (Å²) in [6.45, 7) is 0. The second kappa shape index (κ2) is 13.0. The molecule has 12 rings (SSSR count). The highest BCUT2D eigenvalue weighted by Gasteiger charge is 2.22. The Morgan fingerprint density at radius 1 is 0.552 bits per heavy atom. The van der Waals surface area contributed by atoms with E-state index < -0.39 is 0 Å². The number of fused-ring (bicyclic) bond motifs is 14. The summed E-state index contributed by atoms with van der Waals surface area (Å²) in [7, 11) is 0. The molecule has 2 aromatic heterocycles. The van der Waals surface area contributed by atoms with Crippen molar-refractivity contribution in [2.24, 2.45) is 10.7 Å². The molecule has 0 spiro atoms. The molecule has 272 valence electrons. The molecule has 58 heavy (non-hydrogen) atoms. The predicted octanol–water partition coefficient (Wildman–Crippen LogP) is 14.2. The molecule has 1 unspecified atom stereocenters. The zero-order valence-corrected chi connectivity index (χ0v) is 32.2. The maximum atomic E-state index is 6.77. The zero-order chi connectivity index (χ0) is 38.3. The summed E-state index contributed by atoms with van der Waals surface area (Å²) in [6.07, 6.45) is 10.2. The molecule has 0 amide bonds. The number of nitrogens with two attached hydrogens (primary N) is 1. The Morgan fingerprint density at radius 3 is 2.12 bits per heavy atom. The number of hydrogen-bond acceptors (Lipinski definition) is 3. The van der Waals surface area contributed by atoms with Gasteiger partial charge in [0, 0.05) is 47.3 Å². The first-order chi connectivity index (χ1) is 28.7. The highest BCUT2D eigenvalue weighted by atomic mass is 32.1. The SMILES string of the molecule is NC1C=CC=C/C1=C(/N=Cn1c2ccccc2c2c3c4ccccc4c(-c4ccc5sc6ccccc6c5c4)cc3c3ccccc3c21)c1ccc2ccccc2c1. The Hall–Kier alpha value is -7.11. The first-order valence-electron chi connectivity index (χ1n) is 19.8. The molecule has 1 aliphatic rings. The van der Waals surface area contributed by atoms with E-state index in [0.29, 0.717) is 0 Å². The minimum atomic E-state index is -0.272. The predicted molar refractivity (Wildman–Crippen MR) is 251 cm³/mol. The van der Waals surface area contributed by atoms with Crippen molar-refractivity contribution in [3.05, 3.63) is 199 Å². The summed E-state index contributed by atoms with van der Waals surface area (Å²) in [4.78, 5) is 5.42. The van der Waals surface area contributed by atoms with E-state index in [1.165, 1.54) is 85.2 Å². The second-order valence-electron chi connectivity index (χ2n) is 15.2. The number of nitrogens with zero attached hydrogens (tertiary/aromatic N) is 2. The van der Waals surface area contributed by atoms with Crippen molar-refractivity contribution in [1.29, 1.82) is 0 Å². The topological polar surface area (TPSA) is 43.3 Å². The van der Waals surface area contributed by atoms with Crippen LogP contribution in [0, 0.1) is 0 Å². The maximum Gasteiger partial charge on any atom is 0.100 e. The van der Waals surface area contributed by atoms with Crippen LogP contribution in [0.3, 0.4) is 0 Å². The molecule has 2 N–H and O–H groups in total. The van der Waals surface area contributed by atoms with Crippen molar-refractivity contribution in [2.75, 3.05) is 0 Å². The molecule has 0 bridgehead atoms. The van der Waals surface area contributed by atoms with Gasteiger partial charge in [-0.25, -0.2) is 4.99 Å². The lowest BCUT2D eigenvalue weighted by Crippen LogP contribution is -2.21. The Balaban J connectivity index is 1.16. The summed E-state index contributed by atoms with van der Waals surface area (Å²) < 4.78 is 4.94. The van der Waals surface area contributed by atoms with Gasteiger partial charge in [0.15, 0.2) is 0 Å². The van der Waals surface area contributed by atoms with E-state index in [4.69, 9.17) is 10.7 Å². The number of benzene rings is 9. The van der Waals surface area contributed by atoms with Crippen molar-refractivity contribution < 1.29 is 0 Å². The lowest BCUT2D eigenvalue weighted by molar-refractivity contribution is 0.970. The van der Waals surface area contributed by atoms with Gasteiger partial charge in [0.25, 0.3) is 0 Å². The third-order valence-electron chi connectivity index (χ3n) is 12.0. The van der Waals surface area contributed by atoms with E-state index in [-0.39, 0.29) is 6.04 Å². The number of allylic oxidation sites excluding steroid dienone is 2. The van der Waals surface area contributed by atoms with Crippen molar-refractivity contribution >= 4 is 108 Å². The molecule has 1 aliphatic carbocycles. The van der Waals surface area contributed by atoms with Crippen LogP contribution in [0.15, 0.2) is 199 Å². The molecule has 0 saturated heterocycles. The average molecular weight is 758 g/mol. The number of para-hydroxylation sites is 1. The maximum absolute atomic E-state index is 6.77. The fourth-order valence-corrected chi connectivity index (χ4v) is 10.5. The minimum Gasteiger partial charge on any atom is -0.321 e. The zero-order valence-electron chi connectivity index (χ0n) is 31.4. The molecule has 9 aromatic carbocycles. The average Bonchev–Trinajstić information content (AvgIpc) is 3.82. The Labute approximate surface area is 338 Å². The summed E-state index contributed by atoms with van der Waals surface area (Å²) in [5.74, 6) is 0. The molecule has 0 saturated carbocycles. The van der Waals surface area contributed by atoms with Gasteiger partial charge in [0.05, 0.1) is 22.8 Å². The van der Waals surface area contributed by atoms with Crippen molar-refractivity contribution in [3.8, 4) is 11.1 Å². The normalized spacial score (nSPS) is 15.5. The van der Waals surface area contributed by atoms with E-state index in [2.05, 4.69) is 181 Å². The molecule has 4 heteroatoms. The number of aliphatic imine (C=N–C) groups is 1. The van der Waals surface area contributed by atoms with Crippen molar-refractivity contribution in [2.45, 2.75) is 6.04 Å². The Bertz CT molecular complexity index is 3650. The van der Waals surface area contributed by atoms with Gasteiger partial charge in [-0.1, -0.05) is 152 Å². The monoisotopic (exact) mass is 757 g/mol. The molecular weight excluding hydrogens is 723 g/mol. The lowest BCUT2D eigenvalue weighted by atomic mass is 9.88. The summed E-state index contributed by atoms with van der Waals surface area (Å²) >= 11 is 1.86. The van der Waals surface area contributed by atoms with Gasteiger partial charge in [-0.05, 0) is 85.4 Å². The first-order valence-corrected chi connectivity index (χ1v) is 20.6. The van der Waals surface area contributed by atoms with Crippen molar-refractivity contribution in [3.63, 3.8) is 0 Å². The smallest absolute Gasteiger partial charge is 0.100 e. The van der Waals surface area contributed by atoms with Crippen LogP contribution in [0.4, 0.5) is 0 Å². The van der Waals surface area contributed by atoms with E-state index in [1.54, 1.807) is 0 Å². The molecule has 11 aromatic rings. The van der Waals surface area contributed by atoms with E-state index >= 15 is 0 Å². The van der Waals surface area contributed by atoms with Crippen LogP contribution in [0.5, 0.6) is 0 Å². The van der Waals surface area contributed by atoms with E-state index in [0.717, 1.165) is 27.9 Å². The quantitative estimate of drug-likeness (QED) is 0.108. The fourth-order valence-electron chi connectivity index (χ4n) is 9.38. The number of hydrogen-bond donors (Lipinski definition) is 1. The van der Waals surface area contributed by atoms with E-state index in [9.17, 15) is 0 Å². The molecule has 0 aliphatic heterocycles. The Kier molecular flexibility index (Phi) is 7.39. The van der Waals surface area contributed by atoms with Gasteiger partial charge in [-0.15, -0.1) is 11.3 Å². The standard InChI is InChI=1S/C54H35N3S/c55-47-22-10-7-20-42(47)53(36-26-25-33-13-1-2-14-34(33)29-36)56-32-57-48-23-11-8-21-43(48)52-51-40-18-5-3-15-37(40)44(31-46(51)38-16-4-6-19-41(38)54(52)57)35-27-28-50-45(30-35)39-17-9-12-24-49(39)58-50/h1-32,47H,55H2/b53-42-,56-32?. The summed E-state index contributed by atoms with van der Waals surface area (Å²) in [5.41, 5.74) is 14.4. The van der Waals surface area contributed by atoms with Gasteiger partial charge >= 0.3 is 0 Å². The lowest BCUT2D eigenvalue weighted by Gasteiger charge is -2.17. The van der Waals surface area contributed by atoms with E-state index in [1.807, 2.05) is 29.8 Å². The molecule has 0 radical (unpaired) electrons. The Morgan fingerprint density at radius 2 is 1.26 bits per heavy atom. The first kappa shape index (κ1) is 33.1. The summed E-state index contributed by atoms with van der Waals surface area (Å²) in [6, 6.07) is 59.6. The van der Waals surface area contributed by atoms with Crippen LogP contribution in [0.25, 0.3) is 102 Å².